The van der Waals surface area contributed by atoms with E-state index in [0.29, 0.717) is 17.9 Å². The summed E-state index contributed by atoms with van der Waals surface area (Å²) in [5.74, 6) is -1.22. The molecule has 0 bridgehead atoms. The lowest BCUT2D eigenvalue weighted by atomic mass is 10.1. The summed E-state index contributed by atoms with van der Waals surface area (Å²) in [5.41, 5.74) is 1.30. The van der Waals surface area contributed by atoms with E-state index in [2.05, 4.69) is 0 Å². The van der Waals surface area contributed by atoms with Crippen LogP contribution in [0.5, 0.6) is 11.5 Å². The minimum Gasteiger partial charge on any atom is -0.508 e. The second-order valence-electron chi connectivity index (χ2n) is 6.49. The monoisotopic (exact) mass is 395 g/mol. The Balaban J connectivity index is 2.09. The van der Waals surface area contributed by atoms with Crippen LogP contribution in [0, 0.1) is 0 Å². The number of amides is 1. The fourth-order valence-electron chi connectivity index (χ4n) is 2.65. The van der Waals surface area contributed by atoms with Crippen molar-refractivity contribution in [3.63, 3.8) is 0 Å². The Morgan fingerprint density at radius 3 is 2.46 bits per heavy atom. The molecule has 0 aliphatic rings. The van der Waals surface area contributed by atoms with Crippen LogP contribution in [0.3, 0.4) is 0 Å². The molecule has 0 aromatic heterocycles. The highest BCUT2D eigenvalue weighted by atomic mass is 19.4. The summed E-state index contributed by atoms with van der Waals surface area (Å²) in [7, 11) is 0. The molecule has 2 rings (SSSR count). The molecule has 0 aliphatic heterocycles. The third-order valence-electron chi connectivity index (χ3n) is 4.17. The van der Waals surface area contributed by atoms with E-state index < -0.39 is 12.1 Å². The topological polar surface area (TPSA) is 49.8 Å². The molecule has 0 radical (unpaired) electrons. The lowest BCUT2D eigenvalue weighted by Gasteiger charge is -2.24. The van der Waals surface area contributed by atoms with Gasteiger partial charge < -0.3 is 14.7 Å². The zero-order chi connectivity index (χ0) is 20.6. The van der Waals surface area contributed by atoms with Gasteiger partial charge in [-0.3, -0.25) is 4.79 Å². The van der Waals surface area contributed by atoms with Crippen molar-refractivity contribution in [1.82, 2.24) is 4.90 Å². The van der Waals surface area contributed by atoms with Crippen LogP contribution in [-0.4, -0.2) is 35.2 Å². The molecule has 2 aromatic rings. The number of aromatic hydroxyl groups is 1. The standard InChI is InChI=1S/C21H24F3NO3/c1-2-3-13-28-19-6-4-5-17(14-19)15-25(20(27)21(22,23)24)12-11-16-7-9-18(26)10-8-16/h4-10,14,26H,2-3,11-13,15H2,1H3. The van der Waals surface area contributed by atoms with Crippen molar-refractivity contribution in [2.24, 2.45) is 0 Å². The van der Waals surface area contributed by atoms with E-state index in [9.17, 15) is 23.1 Å². The van der Waals surface area contributed by atoms with Crippen molar-refractivity contribution in [2.45, 2.75) is 38.9 Å². The number of halogens is 3. The van der Waals surface area contributed by atoms with Crippen LogP contribution in [0.4, 0.5) is 13.2 Å². The van der Waals surface area contributed by atoms with Crippen molar-refractivity contribution in [1.29, 1.82) is 0 Å². The smallest absolute Gasteiger partial charge is 0.471 e. The average molecular weight is 395 g/mol. The molecule has 0 heterocycles. The van der Waals surface area contributed by atoms with Gasteiger partial charge in [-0.25, -0.2) is 0 Å². The summed E-state index contributed by atoms with van der Waals surface area (Å²) < 4.78 is 44.6. The Hall–Kier alpha value is -2.70. The maximum absolute atomic E-state index is 13.0. The molecule has 0 aliphatic carbocycles. The molecule has 4 nitrogen and oxygen atoms in total. The molecule has 152 valence electrons. The number of alkyl halides is 3. The van der Waals surface area contributed by atoms with Gasteiger partial charge in [-0.2, -0.15) is 13.2 Å². The van der Waals surface area contributed by atoms with E-state index in [4.69, 9.17) is 4.74 Å². The number of phenolic OH excluding ortho intramolecular Hbond substituents is 1. The molecular weight excluding hydrogens is 371 g/mol. The lowest BCUT2D eigenvalue weighted by molar-refractivity contribution is -0.186. The highest BCUT2D eigenvalue weighted by Gasteiger charge is 2.42. The van der Waals surface area contributed by atoms with Crippen LogP contribution in [0.1, 0.15) is 30.9 Å². The molecular formula is C21H24F3NO3. The number of hydrogen-bond donors (Lipinski definition) is 1. The second kappa shape index (κ2) is 10.0. The molecule has 0 fully saturated rings. The number of nitrogens with zero attached hydrogens (tertiary/aromatic N) is 1. The predicted octanol–water partition coefficient (Wildman–Crippen LogP) is 4.70. The van der Waals surface area contributed by atoms with Crippen molar-refractivity contribution < 1.29 is 27.8 Å². The number of hydrogen-bond acceptors (Lipinski definition) is 3. The zero-order valence-electron chi connectivity index (χ0n) is 15.7. The minimum atomic E-state index is -4.94. The van der Waals surface area contributed by atoms with Crippen LogP contribution in [0.2, 0.25) is 0 Å². The third-order valence-corrected chi connectivity index (χ3v) is 4.17. The molecule has 0 atom stereocenters. The number of phenols is 1. The first-order valence-corrected chi connectivity index (χ1v) is 9.15. The SMILES string of the molecule is CCCCOc1cccc(CN(CCc2ccc(O)cc2)C(=O)C(F)(F)F)c1. The van der Waals surface area contributed by atoms with Gasteiger partial charge in [0.25, 0.3) is 0 Å². The van der Waals surface area contributed by atoms with Gasteiger partial charge in [-0.15, -0.1) is 0 Å². The molecule has 2 aromatic carbocycles. The molecule has 0 spiro atoms. The number of carbonyl (C=O) groups is 1. The van der Waals surface area contributed by atoms with E-state index in [0.717, 1.165) is 23.3 Å². The van der Waals surface area contributed by atoms with E-state index in [1.807, 2.05) is 6.92 Å². The highest BCUT2D eigenvalue weighted by molar-refractivity contribution is 5.81. The third kappa shape index (κ3) is 6.79. The number of rotatable bonds is 9. The van der Waals surface area contributed by atoms with Gasteiger partial charge in [-0.1, -0.05) is 37.6 Å². The van der Waals surface area contributed by atoms with Crippen molar-refractivity contribution in [2.75, 3.05) is 13.2 Å². The molecule has 0 saturated carbocycles. The fraction of sp³-hybridized carbons (Fsp3) is 0.381. The van der Waals surface area contributed by atoms with Crippen molar-refractivity contribution >= 4 is 5.91 Å². The Morgan fingerprint density at radius 2 is 1.82 bits per heavy atom. The Bertz CT molecular complexity index is 760. The summed E-state index contributed by atoms with van der Waals surface area (Å²) in [5, 5.41) is 9.30. The summed E-state index contributed by atoms with van der Waals surface area (Å²) in [4.78, 5) is 12.7. The molecule has 28 heavy (non-hydrogen) atoms. The van der Waals surface area contributed by atoms with Crippen LogP contribution in [0.25, 0.3) is 0 Å². The van der Waals surface area contributed by atoms with Gasteiger partial charge in [0, 0.05) is 13.1 Å². The zero-order valence-corrected chi connectivity index (χ0v) is 15.7. The quantitative estimate of drug-likeness (QED) is 0.626. The Labute approximate surface area is 162 Å². The first kappa shape index (κ1) is 21.6. The predicted molar refractivity (Wildman–Crippen MR) is 100 cm³/mol. The Kier molecular flexibility index (Phi) is 7.72. The Morgan fingerprint density at radius 1 is 1.11 bits per heavy atom. The van der Waals surface area contributed by atoms with Gasteiger partial charge in [0.15, 0.2) is 0 Å². The maximum Gasteiger partial charge on any atom is 0.471 e. The summed E-state index contributed by atoms with van der Waals surface area (Å²) >= 11 is 0. The molecule has 7 heteroatoms. The number of unbranched alkanes of at least 4 members (excludes halogenated alkanes) is 1. The van der Waals surface area contributed by atoms with E-state index in [1.54, 1.807) is 36.4 Å². The van der Waals surface area contributed by atoms with Crippen molar-refractivity contribution in [3.05, 3.63) is 59.7 Å². The normalized spacial score (nSPS) is 11.3. The average Bonchev–Trinajstić information content (AvgIpc) is 2.65. The summed E-state index contributed by atoms with van der Waals surface area (Å²) in [6.07, 6.45) is -2.83. The minimum absolute atomic E-state index is 0.0758. The highest BCUT2D eigenvalue weighted by Crippen LogP contribution is 2.22. The van der Waals surface area contributed by atoms with Crippen LogP contribution >= 0.6 is 0 Å². The van der Waals surface area contributed by atoms with Gasteiger partial charge in [0.1, 0.15) is 11.5 Å². The number of carbonyl (C=O) groups excluding carboxylic acids is 1. The number of ether oxygens (including phenoxy) is 1. The summed E-state index contributed by atoms with van der Waals surface area (Å²) in [6.45, 7) is 2.31. The number of benzene rings is 2. The van der Waals surface area contributed by atoms with Crippen LogP contribution < -0.4 is 4.74 Å². The first-order valence-electron chi connectivity index (χ1n) is 9.15. The van der Waals surface area contributed by atoms with E-state index in [-0.39, 0.29) is 25.3 Å². The van der Waals surface area contributed by atoms with E-state index in [1.165, 1.54) is 12.1 Å². The van der Waals surface area contributed by atoms with Gasteiger partial charge in [-0.05, 0) is 48.2 Å². The molecule has 0 saturated heterocycles. The van der Waals surface area contributed by atoms with Gasteiger partial charge in [0.2, 0.25) is 0 Å². The molecule has 1 amide bonds. The van der Waals surface area contributed by atoms with Crippen LogP contribution in [-0.2, 0) is 17.8 Å². The second-order valence-corrected chi connectivity index (χ2v) is 6.49. The van der Waals surface area contributed by atoms with Gasteiger partial charge >= 0.3 is 12.1 Å². The lowest BCUT2D eigenvalue weighted by Crippen LogP contribution is -2.41. The van der Waals surface area contributed by atoms with Crippen molar-refractivity contribution in [3.8, 4) is 11.5 Å². The largest absolute Gasteiger partial charge is 0.508 e. The summed E-state index contributed by atoms with van der Waals surface area (Å²) in [6, 6.07) is 12.9. The fourth-order valence-corrected chi connectivity index (χ4v) is 2.65. The van der Waals surface area contributed by atoms with Crippen LogP contribution in [0.15, 0.2) is 48.5 Å². The molecule has 0 unspecified atom stereocenters. The van der Waals surface area contributed by atoms with Gasteiger partial charge in [0.05, 0.1) is 6.61 Å². The maximum atomic E-state index is 13.0. The van der Waals surface area contributed by atoms with E-state index >= 15 is 0 Å². The first-order chi connectivity index (χ1) is 13.3. The molecule has 1 N–H and O–H groups in total.